The first-order chi connectivity index (χ1) is 19.0. The second-order valence-electron chi connectivity index (χ2n) is 10.1. The first-order valence-electron chi connectivity index (χ1n) is 12.9. The van der Waals surface area contributed by atoms with Gasteiger partial charge in [0, 0.05) is 42.6 Å². The van der Waals surface area contributed by atoms with E-state index in [0.717, 1.165) is 29.1 Å². The number of rotatable bonds is 5. The maximum Gasteiger partial charge on any atom is 0.416 e. The molecule has 6 nitrogen and oxygen atoms in total. The number of carbonyl (C=O) groups excluding carboxylic acids is 1. The van der Waals surface area contributed by atoms with Crippen LogP contribution in [0.2, 0.25) is 0 Å². The van der Waals surface area contributed by atoms with E-state index in [1.807, 2.05) is 58.3 Å². The second-order valence-corrected chi connectivity index (χ2v) is 10.1. The van der Waals surface area contributed by atoms with Crippen LogP contribution in [0.3, 0.4) is 0 Å². The monoisotopic (exact) mass is 554 g/mol. The maximum absolute atomic E-state index is 13.8. The van der Waals surface area contributed by atoms with E-state index in [4.69, 9.17) is 4.74 Å². The molecule has 0 bridgehead atoms. The standard InChI is InChI=1S/C30H30F4N4O2/c1-20-17-22(11-12-25(20)31)36-13-15-37(16-14-36)29(2)35-26-10-5-4-9-24(26)27(19-28(39)40-3)38(29)23-8-6-7-21(18-23)30(32,33)34/h4-13,15,17-18,27,35H,14,16,19H2,1-3H3. The topological polar surface area (TPSA) is 48.1 Å². The number of benzene rings is 3. The summed E-state index contributed by atoms with van der Waals surface area (Å²) in [5.74, 6) is -1.83. The first kappa shape index (κ1) is 27.4. The summed E-state index contributed by atoms with van der Waals surface area (Å²) in [6.07, 6.45) is -0.883. The van der Waals surface area contributed by atoms with E-state index in [1.165, 1.54) is 19.2 Å². The number of nitrogens with one attached hydrogen (secondary N) is 1. The molecular weight excluding hydrogens is 524 g/mol. The van der Waals surface area contributed by atoms with Crippen LogP contribution in [0.25, 0.3) is 0 Å². The van der Waals surface area contributed by atoms with Gasteiger partial charge in [-0.15, -0.1) is 0 Å². The lowest BCUT2D eigenvalue weighted by Gasteiger charge is -2.57. The number of alkyl halides is 3. The average Bonchev–Trinajstić information content (AvgIpc) is 2.94. The molecule has 0 aliphatic carbocycles. The van der Waals surface area contributed by atoms with Gasteiger partial charge in [0.1, 0.15) is 5.82 Å². The highest BCUT2D eigenvalue weighted by Crippen LogP contribution is 2.46. The SMILES string of the molecule is COC(=O)CC1c2ccccc2NC(C)(N2C=CN(c3ccc(F)c(C)c3)CC2)N1c1cccc(C(F)(F)F)c1. The minimum absolute atomic E-state index is 0.0699. The zero-order valence-electron chi connectivity index (χ0n) is 22.4. The molecule has 210 valence electrons. The maximum atomic E-state index is 13.8. The molecule has 40 heavy (non-hydrogen) atoms. The number of carbonyl (C=O) groups is 1. The van der Waals surface area contributed by atoms with Crippen LogP contribution in [0.15, 0.2) is 79.1 Å². The number of anilines is 3. The molecule has 0 saturated carbocycles. The summed E-state index contributed by atoms with van der Waals surface area (Å²) in [5, 5.41) is 3.54. The van der Waals surface area contributed by atoms with E-state index in [0.29, 0.717) is 24.3 Å². The molecule has 0 aromatic heterocycles. The van der Waals surface area contributed by atoms with Crippen LogP contribution in [0, 0.1) is 12.7 Å². The van der Waals surface area contributed by atoms with Gasteiger partial charge in [0.05, 0.1) is 25.1 Å². The van der Waals surface area contributed by atoms with Crippen molar-refractivity contribution in [2.75, 3.05) is 35.3 Å². The Morgan fingerprint density at radius 1 is 1.02 bits per heavy atom. The summed E-state index contributed by atoms with van der Waals surface area (Å²) < 4.78 is 60.2. The zero-order chi connectivity index (χ0) is 28.7. The Balaban J connectivity index is 1.60. The Morgan fingerprint density at radius 2 is 1.80 bits per heavy atom. The van der Waals surface area contributed by atoms with Crippen LogP contribution in [0.1, 0.15) is 36.1 Å². The highest BCUT2D eigenvalue weighted by atomic mass is 19.4. The summed E-state index contributed by atoms with van der Waals surface area (Å²) in [5.41, 5.74) is 2.43. The van der Waals surface area contributed by atoms with Crippen molar-refractivity contribution in [3.8, 4) is 0 Å². The number of aryl methyl sites for hydroxylation is 1. The molecule has 0 radical (unpaired) electrons. The predicted octanol–water partition coefficient (Wildman–Crippen LogP) is 6.66. The van der Waals surface area contributed by atoms with Crippen LogP contribution >= 0.6 is 0 Å². The minimum atomic E-state index is -4.54. The average molecular weight is 555 g/mol. The Kier molecular flexibility index (Phi) is 7.12. The number of esters is 1. The van der Waals surface area contributed by atoms with Crippen molar-refractivity contribution >= 4 is 23.0 Å². The van der Waals surface area contributed by atoms with Crippen molar-refractivity contribution in [1.29, 1.82) is 0 Å². The summed E-state index contributed by atoms with van der Waals surface area (Å²) in [4.78, 5) is 18.4. The summed E-state index contributed by atoms with van der Waals surface area (Å²) in [6.45, 7) is 4.62. The van der Waals surface area contributed by atoms with Crippen molar-refractivity contribution < 1.29 is 27.1 Å². The third-order valence-electron chi connectivity index (χ3n) is 7.55. The zero-order valence-corrected chi connectivity index (χ0v) is 22.4. The Bertz CT molecular complexity index is 1440. The van der Waals surface area contributed by atoms with E-state index in [-0.39, 0.29) is 12.2 Å². The molecule has 1 N–H and O–H groups in total. The minimum Gasteiger partial charge on any atom is -0.469 e. The highest BCUT2D eigenvalue weighted by Gasteiger charge is 2.47. The number of nitrogens with zero attached hydrogens (tertiary/aromatic N) is 3. The number of halogens is 4. The van der Waals surface area contributed by atoms with Crippen LogP contribution in [-0.4, -0.2) is 36.9 Å². The third kappa shape index (κ3) is 5.05. The van der Waals surface area contributed by atoms with E-state index in [1.54, 1.807) is 25.1 Å². The fraction of sp³-hybridized carbons (Fsp3) is 0.300. The molecule has 3 aromatic rings. The number of para-hydroxylation sites is 1. The molecule has 0 fully saturated rings. The summed E-state index contributed by atoms with van der Waals surface area (Å²) >= 11 is 0. The van der Waals surface area contributed by atoms with Gasteiger partial charge in [-0.05, 0) is 67.4 Å². The van der Waals surface area contributed by atoms with Gasteiger partial charge in [-0.3, -0.25) is 4.79 Å². The molecule has 2 aliphatic heterocycles. The number of methoxy groups -OCH3 is 1. The van der Waals surface area contributed by atoms with Crippen LogP contribution < -0.4 is 15.1 Å². The van der Waals surface area contributed by atoms with Crippen molar-refractivity contribution in [2.45, 2.75) is 38.3 Å². The lowest BCUT2D eigenvalue weighted by molar-refractivity contribution is -0.141. The number of hydrogen-bond acceptors (Lipinski definition) is 6. The molecule has 2 atom stereocenters. The van der Waals surface area contributed by atoms with Gasteiger partial charge in [0.25, 0.3) is 0 Å². The van der Waals surface area contributed by atoms with Crippen LogP contribution in [0.4, 0.5) is 34.6 Å². The molecule has 3 aromatic carbocycles. The molecule has 0 spiro atoms. The van der Waals surface area contributed by atoms with E-state index in [9.17, 15) is 22.4 Å². The Labute approximate surface area is 230 Å². The van der Waals surface area contributed by atoms with Crippen molar-refractivity contribution in [3.63, 3.8) is 0 Å². The fourth-order valence-corrected chi connectivity index (χ4v) is 5.49. The van der Waals surface area contributed by atoms with Gasteiger partial charge >= 0.3 is 12.1 Å². The van der Waals surface area contributed by atoms with E-state index < -0.39 is 29.5 Å². The van der Waals surface area contributed by atoms with Crippen LogP contribution in [0.5, 0.6) is 0 Å². The van der Waals surface area contributed by atoms with Gasteiger partial charge in [0.2, 0.25) is 0 Å². The van der Waals surface area contributed by atoms with Gasteiger partial charge in [-0.1, -0.05) is 24.3 Å². The fourth-order valence-electron chi connectivity index (χ4n) is 5.49. The quantitative estimate of drug-likeness (QED) is 0.281. The van der Waals surface area contributed by atoms with E-state index >= 15 is 0 Å². The molecular formula is C30H30F4N4O2. The molecule has 0 saturated heterocycles. The molecule has 0 amide bonds. The van der Waals surface area contributed by atoms with Gasteiger partial charge in [0.15, 0.2) is 5.79 Å². The molecule has 10 heteroatoms. The number of fused-ring (bicyclic) bond motifs is 1. The number of hydrogen-bond donors (Lipinski definition) is 1. The largest absolute Gasteiger partial charge is 0.469 e. The predicted molar refractivity (Wildman–Crippen MR) is 146 cm³/mol. The van der Waals surface area contributed by atoms with Gasteiger partial charge in [-0.25, -0.2) is 4.39 Å². The van der Waals surface area contributed by atoms with Crippen LogP contribution in [-0.2, 0) is 15.7 Å². The molecule has 2 heterocycles. The van der Waals surface area contributed by atoms with Crippen molar-refractivity contribution in [3.05, 3.63) is 102 Å². The smallest absolute Gasteiger partial charge is 0.416 e. The van der Waals surface area contributed by atoms with Crippen molar-refractivity contribution in [2.24, 2.45) is 0 Å². The van der Waals surface area contributed by atoms with E-state index in [2.05, 4.69) is 5.32 Å². The second kappa shape index (κ2) is 10.4. The van der Waals surface area contributed by atoms with Gasteiger partial charge < -0.3 is 24.8 Å². The third-order valence-corrected chi connectivity index (χ3v) is 7.55. The van der Waals surface area contributed by atoms with Crippen molar-refractivity contribution in [1.82, 2.24) is 4.90 Å². The Hall–Kier alpha value is -4.21. The number of ether oxygens (including phenoxy) is 1. The first-order valence-corrected chi connectivity index (χ1v) is 12.9. The molecule has 2 aliphatic rings. The van der Waals surface area contributed by atoms with Gasteiger partial charge in [-0.2, -0.15) is 13.2 Å². The lowest BCUT2D eigenvalue weighted by atomic mass is 9.93. The molecule has 2 unspecified atom stereocenters. The molecule has 5 rings (SSSR count). The lowest BCUT2D eigenvalue weighted by Crippen LogP contribution is -2.67. The summed E-state index contributed by atoms with van der Waals surface area (Å²) in [7, 11) is 1.29. The Morgan fingerprint density at radius 3 is 2.48 bits per heavy atom. The highest BCUT2D eigenvalue weighted by molar-refractivity contribution is 5.75. The normalized spacial score (nSPS) is 20.7. The summed E-state index contributed by atoms with van der Waals surface area (Å²) in [6, 6.07) is 16.9.